The van der Waals surface area contributed by atoms with E-state index < -0.39 is 7.05 Å². The van der Waals surface area contributed by atoms with Gasteiger partial charge in [-0.2, -0.15) is 0 Å². The maximum Gasteiger partial charge on any atom is 0.159 e. The molecule has 0 spiro atoms. The van der Waals surface area contributed by atoms with Crippen molar-refractivity contribution in [1.82, 2.24) is 0 Å². The standard InChI is InChI=1S/C32H27N2P/c1-26-22-24-27(25-23-26)32(33-28-14-6-2-7-15-28)34-35(29-16-8-3-9-17-29,30-18-10-4-11-19-30)31-20-12-5-13-21-31/h2-25H,1H3. The van der Waals surface area contributed by atoms with Gasteiger partial charge in [-0.1, -0.05) is 139 Å². The summed E-state index contributed by atoms with van der Waals surface area (Å²) in [6.45, 7) is 2.10. The van der Waals surface area contributed by atoms with Crippen LogP contribution in [0.25, 0.3) is 0 Å². The Bertz CT molecular complexity index is 1360. The van der Waals surface area contributed by atoms with E-state index >= 15 is 0 Å². The van der Waals surface area contributed by atoms with Crippen LogP contribution in [-0.2, 0) is 0 Å². The van der Waals surface area contributed by atoms with Gasteiger partial charge in [-0.25, -0.2) is 9.74 Å². The topological polar surface area (TPSA) is 24.7 Å². The minimum absolute atomic E-state index is 0.737. The molecule has 0 aliphatic rings. The first-order valence-electron chi connectivity index (χ1n) is 11.8. The van der Waals surface area contributed by atoms with Gasteiger partial charge in [-0.3, -0.25) is 0 Å². The predicted octanol–water partition coefficient (Wildman–Crippen LogP) is 7.25. The van der Waals surface area contributed by atoms with Crippen molar-refractivity contribution in [3.63, 3.8) is 0 Å². The molecule has 5 aromatic rings. The lowest BCUT2D eigenvalue weighted by molar-refractivity contribution is 1.42. The van der Waals surface area contributed by atoms with Crippen LogP contribution in [0.1, 0.15) is 11.1 Å². The third-order valence-electron chi connectivity index (χ3n) is 5.94. The summed E-state index contributed by atoms with van der Waals surface area (Å²) >= 11 is 0. The second-order valence-corrected chi connectivity index (χ2v) is 11.4. The molecule has 0 atom stereocenters. The maximum absolute atomic E-state index is 5.67. The smallest absolute Gasteiger partial charge is 0.159 e. The average Bonchev–Trinajstić information content (AvgIpc) is 2.94. The molecule has 0 aliphatic heterocycles. The van der Waals surface area contributed by atoms with Crippen LogP contribution in [-0.4, -0.2) is 5.84 Å². The van der Waals surface area contributed by atoms with Crippen molar-refractivity contribution in [3.8, 4) is 0 Å². The number of nitrogens with zero attached hydrogens (tertiary/aromatic N) is 2. The SMILES string of the molecule is Cc1ccc(C(=Nc2ccccc2)N=P(c2ccccc2)(c2ccccc2)c2ccccc2)cc1. The number of para-hydroxylation sites is 1. The second-order valence-electron chi connectivity index (χ2n) is 8.38. The molecule has 0 N–H and O–H groups in total. The van der Waals surface area contributed by atoms with E-state index in [1.54, 1.807) is 0 Å². The van der Waals surface area contributed by atoms with Gasteiger partial charge in [0.1, 0.15) is 0 Å². The minimum atomic E-state index is -2.43. The number of hydrogen-bond acceptors (Lipinski definition) is 1. The largest absolute Gasteiger partial charge is 0.234 e. The fraction of sp³-hybridized carbons (Fsp3) is 0.0312. The van der Waals surface area contributed by atoms with E-state index in [2.05, 4.69) is 122 Å². The van der Waals surface area contributed by atoms with Crippen molar-refractivity contribution in [3.05, 3.63) is 157 Å². The highest BCUT2D eigenvalue weighted by Gasteiger charge is 2.28. The lowest BCUT2D eigenvalue weighted by atomic mass is 10.1. The molecule has 2 nitrogen and oxygen atoms in total. The summed E-state index contributed by atoms with van der Waals surface area (Å²) in [4.78, 5) is 5.10. The van der Waals surface area contributed by atoms with Crippen molar-refractivity contribution in [2.24, 2.45) is 9.74 Å². The summed E-state index contributed by atoms with van der Waals surface area (Å²) in [5, 5.41) is 3.60. The van der Waals surface area contributed by atoms with Gasteiger partial charge in [0.15, 0.2) is 5.84 Å². The van der Waals surface area contributed by atoms with Crippen LogP contribution in [0.4, 0.5) is 5.69 Å². The molecule has 0 amide bonds. The van der Waals surface area contributed by atoms with E-state index in [0.717, 1.165) is 17.1 Å². The first-order valence-corrected chi connectivity index (χ1v) is 13.5. The summed E-state index contributed by atoms with van der Waals surface area (Å²) in [6.07, 6.45) is 0. The van der Waals surface area contributed by atoms with E-state index in [4.69, 9.17) is 9.74 Å². The Balaban J connectivity index is 1.90. The highest BCUT2D eigenvalue weighted by Crippen LogP contribution is 2.47. The fourth-order valence-corrected chi connectivity index (χ4v) is 7.66. The van der Waals surface area contributed by atoms with Gasteiger partial charge in [0, 0.05) is 21.5 Å². The van der Waals surface area contributed by atoms with Gasteiger partial charge in [-0.15, -0.1) is 0 Å². The summed E-state index contributed by atoms with van der Waals surface area (Å²) in [6, 6.07) is 50.6. The number of aryl methyl sites for hydroxylation is 1. The molecule has 0 saturated carbocycles. The van der Waals surface area contributed by atoms with Gasteiger partial charge in [0.05, 0.1) is 12.7 Å². The molecule has 3 heteroatoms. The zero-order valence-electron chi connectivity index (χ0n) is 19.7. The Morgan fingerprint density at radius 2 is 0.886 bits per heavy atom. The first kappa shape index (κ1) is 22.8. The van der Waals surface area contributed by atoms with Crippen molar-refractivity contribution in [2.45, 2.75) is 6.92 Å². The average molecular weight is 471 g/mol. The Morgan fingerprint density at radius 3 is 1.31 bits per heavy atom. The lowest BCUT2D eigenvalue weighted by Crippen LogP contribution is -2.26. The molecular formula is C32H27N2P. The monoisotopic (exact) mass is 470 g/mol. The Morgan fingerprint density at radius 1 is 0.486 bits per heavy atom. The van der Waals surface area contributed by atoms with Crippen LogP contribution in [0.3, 0.4) is 0 Å². The van der Waals surface area contributed by atoms with Crippen LogP contribution in [0.5, 0.6) is 0 Å². The van der Waals surface area contributed by atoms with Gasteiger partial charge in [0.25, 0.3) is 0 Å². The fourth-order valence-electron chi connectivity index (χ4n) is 4.17. The number of benzene rings is 5. The molecule has 5 rings (SSSR count). The molecule has 0 radical (unpaired) electrons. The first-order chi connectivity index (χ1) is 17.3. The third kappa shape index (κ3) is 4.94. The van der Waals surface area contributed by atoms with Gasteiger partial charge >= 0.3 is 0 Å². The lowest BCUT2D eigenvalue weighted by Gasteiger charge is -2.27. The summed E-state index contributed by atoms with van der Waals surface area (Å²) < 4.78 is 5.67. The Labute approximate surface area is 207 Å². The normalized spacial score (nSPS) is 11.7. The van der Waals surface area contributed by atoms with Crippen molar-refractivity contribution in [2.75, 3.05) is 0 Å². The third-order valence-corrected chi connectivity index (χ3v) is 9.56. The highest BCUT2D eigenvalue weighted by atomic mass is 31.2. The van der Waals surface area contributed by atoms with E-state index in [-0.39, 0.29) is 0 Å². The Hall–Kier alpha value is -4.00. The Kier molecular flexibility index (Phi) is 6.84. The zero-order valence-corrected chi connectivity index (χ0v) is 20.6. The molecule has 170 valence electrons. The highest BCUT2D eigenvalue weighted by molar-refractivity contribution is 7.87. The van der Waals surface area contributed by atoms with Crippen LogP contribution in [0.15, 0.2) is 155 Å². The number of aliphatic imine (C=N–C) groups is 1. The second kappa shape index (κ2) is 10.5. The number of amidine groups is 1. The molecule has 35 heavy (non-hydrogen) atoms. The van der Waals surface area contributed by atoms with E-state index in [9.17, 15) is 0 Å². The van der Waals surface area contributed by atoms with Crippen LogP contribution in [0, 0.1) is 6.92 Å². The summed E-state index contributed by atoms with van der Waals surface area (Å²) in [5.41, 5.74) is 3.11. The van der Waals surface area contributed by atoms with Crippen LogP contribution in [0.2, 0.25) is 0 Å². The van der Waals surface area contributed by atoms with Crippen molar-refractivity contribution in [1.29, 1.82) is 0 Å². The van der Waals surface area contributed by atoms with Gasteiger partial charge in [0.2, 0.25) is 0 Å². The zero-order chi connectivity index (χ0) is 23.9. The number of hydrogen-bond donors (Lipinski definition) is 0. The molecule has 0 aromatic heterocycles. The quantitative estimate of drug-likeness (QED) is 0.147. The minimum Gasteiger partial charge on any atom is -0.234 e. The van der Waals surface area contributed by atoms with Crippen molar-refractivity contribution >= 4 is 34.5 Å². The van der Waals surface area contributed by atoms with Gasteiger partial charge < -0.3 is 0 Å². The molecule has 0 bridgehead atoms. The maximum atomic E-state index is 5.67. The van der Waals surface area contributed by atoms with Crippen LogP contribution >= 0.6 is 7.05 Å². The van der Waals surface area contributed by atoms with E-state index in [1.807, 2.05) is 30.3 Å². The van der Waals surface area contributed by atoms with E-state index in [0.29, 0.717) is 0 Å². The molecule has 0 heterocycles. The molecule has 0 fully saturated rings. The van der Waals surface area contributed by atoms with Gasteiger partial charge in [-0.05, 0) is 19.1 Å². The summed E-state index contributed by atoms with van der Waals surface area (Å²) in [7, 11) is -2.43. The van der Waals surface area contributed by atoms with Crippen molar-refractivity contribution < 1.29 is 0 Å². The number of rotatable bonds is 5. The van der Waals surface area contributed by atoms with E-state index in [1.165, 1.54) is 21.5 Å². The van der Waals surface area contributed by atoms with Crippen LogP contribution < -0.4 is 15.9 Å². The summed E-state index contributed by atoms with van der Waals surface area (Å²) in [5.74, 6) is 0.737. The molecule has 0 aliphatic carbocycles. The molecule has 0 unspecified atom stereocenters. The molecule has 0 saturated heterocycles. The molecule has 5 aromatic carbocycles. The predicted molar refractivity (Wildman–Crippen MR) is 151 cm³/mol. The molecular weight excluding hydrogens is 443 g/mol.